The number of nitrogens with one attached hydrogen (secondary N) is 1. The fraction of sp³-hybridized carbons (Fsp3) is 0.636. The van der Waals surface area contributed by atoms with E-state index in [0.717, 1.165) is 37.6 Å². The van der Waals surface area contributed by atoms with Crippen molar-refractivity contribution >= 4 is 11.6 Å². The third-order valence-corrected chi connectivity index (χ3v) is 2.89. The topological polar surface area (TPSA) is 67.1 Å². The molecule has 0 amide bonds. The summed E-state index contributed by atoms with van der Waals surface area (Å²) in [6, 6.07) is 0. The van der Waals surface area contributed by atoms with E-state index in [-0.39, 0.29) is 0 Å². The summed E-state index contributed by atoms with van der Waals surface area (Å²) in [6.45, 7) is 8.22. The first-order valence-electron chi connectivity index (χ1n) is 5.76. The fourth-order valence-electron chi connectivity index (χ4n) is 2.08. The molecule has 5 nitrogen and oxygen atoms in total. The van der Waals surface area contributed by atoms with E-state index >= 15 is 0 Å². The summed E-state index contributed by atoms with van der Waals surface area (Å²) in [4.78, 5) is 10.8. The van der Waals surface area contributed by atoms with Crippen LogP contribution >= 0.6 is 0 Å². The Labute approximate surface area is 96.1 Å². The molecule has 1 aromatic rings. The Morgan fingerprint density at radius 3 is 2.62 bits per heavy atom. The molecule has 0 saturated carbocycles. The van der Waals surface area contributed by atoms with Crippen LogP contribution in [0.5, 0.6) is 0 Å². The van der Waals surface area contributed by atoms with Gasteiger partial charge in [-0.2, -0.15) is 0 Å². The average Bonchev–Trinajstić information content (AvgIpc) is 2.29. The second-order valence-electron chi connectivity index (χ2n) is 4.39. The largest absolute Gasteiger partial charge is 0.383 e. The highest BCUT2D eigenvalue weighted by Gasteiger charge is 2.19. The average molecular weight is 221 g/mol. The third-order valence-electron chi connectivity index (χ3n) is 2.89. The normalized spacial score (nSPS) is 16.8. The predicted octanol–water partition coefficient (Wildman–Crippen LogP) is 0.592. The Morgan fingerprint density at radius 2 is 2.00 bits per heavy atom. The van der Waals surface area contributed by atoms with Crippen LogP contribution in [0.2, 0.25) is 0 Å². The van der Waals surface area contributed by atoms with Crippen molar-refractivity contribution in [1.29, 1.82) is 0 Å². The highest BCUT2D eigenvalue weighted by molar-refractivity contribution is 5.58. The summed E-state index contributed by atoms with van der Waals surface area (Å²) in [5, 5.41) is 3.33. The number of anilines is 2. The standard InChI is InChI=1S/C11H19N5/c1-8(2)9-10(12)14-7-15-11(9)16-5-3-13-4-6-16/h7-8,13H,3-6H2,1-2H3,(H2,12,14,15). The molecule has 2 heterocycles. The number of piperazine rings is 1. The van der Waals surface area contributed by atoms with Crippen molar-refractivity contribution in [3.8, 4) is 0 Å². The van der Waals surface area contributed by atoms with E-state index in [1.54, 1.807) is 6.33 Å². The van der Waals surface area contributed by atoms with Crippen LogP contribution in [0.25, 0.3) is 0 Å². The van der Waals surface area contributed by atoms with E-state index in [0.29, 0.717) is 11.7 Å². The van der Waals surface area contributed by atoms with Gasteiger partial charge < -0.3 is 16.0 Å². The van der Waals surface area contributed by atoms with Crippen molar-refractivity contribution in [3.05, 3.63) is 11.9 Å². The second-order valence-corrected chi connectivity index (χ2v) is 4.39. The van der Waals surface area contributed by atoms with Crippen molar-refractivity contribution in [2.75, 3.05) is 36.8 Å². The first-order chi connectivity index (χ1) is 7.70. The van der Waals surface area contributed by atoms with E-state index in [2.05, 4.69) is 34.0 Å². The quantitative estimate of drug-likeness (QED) is 0.765. The molecule has 1 aliphatic rings. The Morgan fingerprint density at radius 1 is 1.31 bits per heavy atom. The van der Waals surface area contributed by atoms with E-state index < -0.39 is 0 Å². The van der Waals surface area contributed by atoms with Gasteiger partial charge in [0.1, 0.15) is 18.0 Å². The van der Waals surface area contributed by atoms with Gasteiger partial charge >= 0.3 is 0 Å². The van der Waals surface area contributed by atoms with Gasteiger partial charge in [-0.25, -0.2) is 9.97 Å². The molecular weight excluding hydrogens is 202 g/mol. The molecule has 0 aromatic carbocycles. The van der Waals surface area contributed by atoms with Crippen LogP contribution in [-0.2, 0) is 0 Å². The Kier molecular flexibility index (Phi) is 3.24. The number of nitrogens with zero attached hydrogens (tertiary/aromatic N) is 3. The van der Waals surface area contributed by atoms with E-state index in [1.807, 2.05) is 0 Å². The lowest BCUT2D eigenvalue weighted by atomic mass is 10.0. The lowest BCUT2D eigenvalue weighted by Crippen LogP contribution is -2.44. The van der Waals surface area contributed by atoms with Gasteiger partial charge in [-0.15, -0.1) is 0 Å². The van der Waals surface area contributed by atoms with E-state index in [9.17, 15) is 0 Å². The van der Waals surface area contributed by atoms with Gasteiger partial charge in [-0.05, 0) is 5.92 Å². The molecule has 0 unspecified atom stereocenters. The van der Waals surface area contributed by atoms with Gasteiger partial charge in [-0.3, -0.25) is 0 Å². The zero-order valence-corrected chi connectivity index (χ0v) is 9.90. The molecule has 1 fully saturated rings. The number of nitrogens with two attached hydrogens (primary N) is 1. The maximum absolute atomic E-state index is 5.94. The molecular formula is C11H19N5. The molecule has 0 spiro atoms. The van der Waals surface area contributed by atoms with E-state index in [4.69, 9.17) is 5.73 Å². The highest BCUT2D eigenvalue weighted by atomic mass is 15.2. The number of nitrogen functional groups attached to an aromatic ring is 1. The summed E-state index contributed by atoms with van der Waals surface area (Å²) >= 11 is 0. The van der Waals surface area contributed by atoms with Crippen LogP contribution in [0.3, 0.4) is 0 Å². The van der Waals surface area contributed by atoms with Crippen LogP contribution in [0, 0.1) is 0 Å². The molecule has 2 rings (SSSR count). The minimum atomic E-state index is 0.353. The molecule has 5 heteroatoms. The van der Waals surface area contributed by atoms with Gasteiger partial charge in [0.05, 0.1) is 0 Å². The Balaban J connectivity index is 2.34. The van der Waals surface area contributed by atoms with E-state index in [1.165, 1.54) is 0 Å². The van der Waals surface area contributed by atoms with Crippen molar-refractivity contribution in [3.63, 3.8) is 0 Å². The van der Waals surface area contributed by atoms with Crippen LogP contribution in [0.4, 0.5) is 11.6 Å². The summed E-state index contributed by atoms with van der Waals surface area (Å²) in [7, 11) is 0. The molecule has 1 aliphatic heterocycles. The maximum Gasteiger partial charge on any atom is 0.137 e. The van der Waals surface area contributed by atoms with Crippen LogP contribution < -0.4 is 16.0 Å². The molecule has 16 heavy (non-hydrogen) atoms. The summed E-state index contributed by atoms with van der Waals surface area (Å²) in [6.07, 6.45) is 1.55. The Bertz CT molecular complexity index is 357. The highest BCUT2D eigenvalue weighted by Crippen LogP contribution is 2.28. The lowest BCUT2D eigenvalue weighted by Gasteiger charge is -2.30. The minimum Gasteiger partial charge on any atom is -0.383 e. The molecule has 0 atom stereocenters. The van der Waals surface area contributed by atoms with Crippen LogP contribution in [0.1, 0.15) is 25.3 Å². The molecule has 3 N–H and O–H groups in total. The number of aromatic nitrogens is 2. The molecule has 0 bridgehead atoms. The second kappa shape index (κ2) is 4.65. The van der Waals surface area contributed by atoms with Crippen LogP contribution in [-0.4, -0.2) is 36.1 Å². The van der Waals surface area contributed by atoms with Crippen molar-refractivity contribution in [2.24, 2.45) is 0 Å². The summed E-state index contributed by atoms with van der Waals surface area (Å²) in [5.74, 6) is 1.97. The number of hydrogen-bond acceptors (Lipinski definition) is 5. The monoisotopic (exact) mass is 221 g/mol. The predicted molar refractivity (Wildman–Crippen MR) is 65.6 cm³/mol. The number of hydrogen-bond donors (Lipinski definition) is 2. The van der Waals surface area contributed by atoms with Gasteiger partial charge in [0.2, 0.25) is 0 Å². The molecule has 1 aromatic heterocycles. The SMILES string of the molecule is CC(C)c1c(N)ncnc1N1CCNCC1. The van der Waals surface area contributed by atoms with Gasteiger partial charge in [-0.1, -0.05) is 13.8 Å². The smallest absolute Gasteiger partial charge is 0.137 e. The zero-order chi connectivity index (χ0) is 11.5. The molecule has 0 radical (unpaired) electrons. The molecule has 0 aliphatic carbocycles. The summed E-state index contributed by atoms with van der Waals surface area (Å²) in [5.41, 5.74) is 7.01. The van der Waals surface area contributed by atoms with Crippen molar-refractivity contribution < 1.29 is 0 Å². The van der Waals surface area contributed by atoms with Crippen molar-refractivity contribution in [1.82, 2.24) is 15.3 Å². The lowest BCUT2D eigenvalue weighted by molar-refractivity contribution is 0.581. The maximum atomic E-state index is 5.94. The van der Waals surface area contributed by atoms with Crippen molar-refractivity contribution in [2.45, 2.75) is 19.8 Å². The minimum absolute atomic E-state index is 0.353. The molecule has 88 valence electrons. The number of rotatable bonds is 2. The first kappa shape index (κ1) is 11.1. The van der Waals surface area contributed by atoms with Gasteiger partial charge in [0, 0.05) is 31.7 Å². The zero-order valence-electron chi connectivity index (χ0n) is 9.90. The fourth-order valence-corrected chi connectivity index (χ4v) is 2.08. The van der Waals surface area contributed by atoms with Crippen LogP contribution in [0.15, 0.2) is 6.33 Å². The first-order valence-corrected chi connectivity index (χ1v) is 5.76. The Hall–Kier alpha value is -1.36. The van der Waals surface area contributed by atoms with Gasteiger partial charge in [0.25, 0.3) is 0 Å². The third kappa shape index (κ3) is 2.09. The molecule has 1 saturated heterocycles. The van der Waals surface area contributed by atoms with Gasteiger partial charge in [0.15, 0.2) is 0 Å². The summed E-state index contributed by atoms with van der Waals surface area (Å²) < 4.78 is 0.